The molecule has 3 rings (SSSR count). The van der Waals surface area contributed by atoms with Crippen LogP contribution in [0.25, 0.3) is 0 Å². The molecule has 0 saturated carbocycles. The summed E-state index contributed by atoms with van der Waals surface area (Å²) in [6, 6.07) is 11.3. The molecular weight excluding hydrogens is 238 g/mol. The van der Waals surface area contributed by atoms with Crippen molar-refractivity contribution in [2.24, 2.45) is 0 Å². The van der Waals surface area contributed by atoms with E-state index in [9.17, 15) is 0 Å². The molecule has 1 N–H and O–H groups in total. The lowest BCUT2D eigenvalue weighted by molar-refractivity contribution is 0.258. The van der Waals surface area contributed by atoms with Crippen LogP contribution in [0, 0.1) is 6.92 Å². The van der Waals surface area contributed by atoms with Crippen LogP contribution in [0.3, 0.4) is 0 Å². The van der Waals surface area contributed by atoms with Gasteiger partial charge >= 0.3 is 0 Å². The van der Waals surface area contributed by atoms with Crippen LogP contribution in [-0.4, -0.2) is 13.1 Å². The number of rotatable bonds is 4. The van der Waals surface area contributed by atoms with Crippen molar-refractivity contribution >= 4 is 11.3 Å². The number of nitrogens with one attached hydrogen (secondary N) is 1. The van der Waals surface area contributed by atoms with E-state index in [1.165, 1.54) is 29.5 Å². The fraction of sp³-hybridized carbons (Fsp3) is 0.375. The van der Waals surface area contributed by atoms with Gasteiger partial charge in [-0.3, -0.25) is 0 Å². The third kappa shape index (κ3) is 2.23. The van der Waals surface area contributed by atoms with Crippen LogP contribution in [0.1, 0.15) is 23.1 Å². The van der Waals surface area contributed by atoms with Crippen LogP contribution in [0.15, 0.2) is 41.1 Å². The summed E-state index contributed by atoms with van der Waals surface area (Å²) in [7, 11) is 0. The van der Waals surface area contributed by atoms with Gasteiger partial charge in [0, 0.05) is 18.5 Å². The predicted molar refractivity (Wildman–Crippen MR) is 78.4 cm³/mol. The van der Waals surface area contributed by atoms with Crippen LogP contribution in [0.4, 0.5) is 0 Å². The van der Waals surface area contributed by atoms with Gasteiger partial charge in [0.2, 0.25) is 0 Å². The summed E-state index contributed by atoms with van der Waals surface area (Å²) in [5, 5.41) is 7.89. The molecule has 2 aromatic rings. The summed E-state index contributed by atoms with van der Waals surface area (Å²) >= 11 is 1.80. The van der Waals surface area contributed by atoms with Gasteiger partial charge in [-0.25, -0.2) is 0 Å². The highest BCUT2D eigenvalue weighted by Gasteiger charge is 2.37. The van der Waals surface area contributed by atoms with Crippen molar-refractivity contribution in [2.45, 2.75) is 25.2 Å². The second-order valence-corrected chi connectivity index (χ2v) is 6.16. The summed E-state index contributed by atoms with van der Waals surface area (Å²) in [5.41, 5.74) is 4.70. The Hall–Kier alpha value is -1.12. The van der Waals surface area contributed by atoms with E-state index in [1.807, 2.05) is 0 Å². The lowest BCUT2D eigenvalue weighted by Crippen LogP contribution is -2.57. The number of hydrogen-bond acceptors (Lipinski definition) is 2. The van der Waals surface area contributed by atoms with Gasteiger partial charge < -0.3 is 5.32 Å². The highest BCUT2D eigenvalue weighted by Crippen LogP contribution is 2.33. The quantitative estimate of drug-likeness (QED) is 0.883. The van der Waals surface area contributed by atoms with E-state index >= 15 is 0 Å². The molecule has 0 amide bonds. The first-order valence-corrected chi connectivity index (χ1v) is 7.52. The Morgan fingerprint density at radius 2 is 1.94 bits per heavy atom. The molecule has 1 aliphatic rings. The van der Waals surface area contributed by atoms with Crippen LogP contribution in [0.2, 0.25) is 0 Å². The smallest absolute Gasteiger partial charge is 0.0205 e. The van der Waals surface area contributed by atoms with Gasteiger partial charge in [-0.2, -0.15) is 11.3 Å². The molecule has 0 spiro atoms. The van der Waals surface area contributed by atoms with Crippen LogP contribution < -0.4 is 5.32 Å². The van der Waals surface area contributed by atoms with Crippen LogP contribution >= 0.6 is 11.3 Å². The largest absolute Gasteiger partial charge is 0.315 e. The Balaban J connectivity index is 1.75. The van der Waals surface area contributed by atoms with Crippen molar-refractivity contribution in [1.82, 2.24) is 5.32 Å². The van der Waals surface area contributed by atoms with Crippen molar-refractivity contribution in [1.29, 1.82) is 0 Å². The van der Waals surface area contributed by atoms with Crippen molar-refractivity contribution in [2.75, 3.05) is 13.1 Å². The summed E-state index contributed by atoms with van der Waals surface area (Å²) in [6.07, 6.45) is 2.44. The van der Waals surface area contributed by atoms with E-state index in [-0.39, 0.29) is 0 Å². The van der Waals surface area contributed by atoms with E-state index in [1.54, 1.807) is 11.3 Å². The zero-order valence-corrected chi connectivity index (χ0v) is 11.6. The molecule has 0 radical (unpaired) electrons. The lowest BCUT2D eigenvalue weighted by atomic mass is 9.71. The van der Waals surface area contributed by atoms with Gasteiger partial charge in [0.05, 0.1) is 0 Å². The Morgan fingerprint density at radius 3 is 2.50 bits per heavy atom. The van der Waals surface area contributed by atoms with Crippen molar-refractivity contribution in [3.8, 4) is 0 Å². The van der Waals surface area contributed by atoms with E-state index in [4.69, 9.17) is 0 Å². The SMILES string of the molecule is Cc1ccc(C2(CCc3ccsc3)CNC2)cc1. The Kier molecular flexibility index (Phi) is 3.23. The maximum absolute atomic E-state index is 3.45. The molecule has 1 fully saturated rings. The van der Waals surface area contributed by atoms with Crippen LogP contribution in [0.5, 0.6) is 0 Å². The maximum Gasteiger partial charge on any atom is 0.0205 e. The fourth-order valence-corrected chi connectivity index (χ4v) is 3.38. The number of benzene rings is 1. The molecule has 2 heteroatoms. The van der Waals surface area contributed by atoms with E-state index in [0.29, 0.717) is 5.41 Å². The zero-order valence-electron chi connectivity index (χ0n) is 10.8. The average Bonchev–Trinajstić information content (AvgIpc) is 2.83. The van der Waals surface area contributed by atoms with E-state index in [2.05, 4.69) is 53.3 Å². The molecule has 1 aromatic heterocycles. The molecule has 0 atom stereocenters. The van der Waals surface area contributed by atoms with E-state index in [0.717, 1.165) is 13.1 Å². The molecular formula is C16H19NS. The standard InChI is InChI=1S/C16H19NS/c1-13-2-4-15(5-3-13)16(11-17-12-16)8-6-14-7-9-18-10-14/h2-5,7,9-10,17H,6,8,11-12H2,1H3. The molecule has 18 heavy (non-hydrogen) atoms. The monoisotopic (exact) mass is 257 g/mol. The molecule has 0 unspecified atom stereocenters. The van der Waals surface area contributed by atoms with Crippen molar-refractivity contribution in [3.05, 3.63) is 57.8 Å². The molecule has 1 saturated heterocycles. The zero-order chi connectivity index (χ0) is 12.4. The van der Waals surface area contributed by atoms with Gasteiger partial charge in [-0.1, -0.05) is 29.8 Å². The molecule has 0 bridgehead atoms. The van der Waals surface area contributed by atoms with Crippen molar-refractivity contribution in [3.63, 3.8) is 0 Å². The third-order valence-electron chi connectivity index (χ3n) is 4.06. The Bertz CT molecular complexity index is 494. The molecule has 2 heterocycles. The Morgan fingerprint density at radius 1 is 1.17 bits per heavy atom. The molecule has 94 valence electrons. The minimum atomic E-state index is 0.371. The molecule has 1 nitrogen and oxygen atoms in total. The first-order chi connectivity index (χ1) is 8.78. The first-order valence-electron chi connectivity index (χ1n) is 6.57. The van der Waals surface area contributed by atoms with Crippen molar-refractivity contribution < 1.29 is 0 Å². The van der Waals surface area contributed by atoms with Gasteiger partial charge in [-0.15, -0.1) is 0 Å². The molecule has 1 aromatic carbocycles. The summed E-state index contributed by atoms with van der Waals surface area (Å²) in [5.74, 6) is 0. The van der Waals surface area contributed by atoms with E-state index < -0.39 is 0 Å². The highest BCUT2D eigenvalue weighted by atomic mass is 32.1. The van der Waals surface area contributed by atoms with Gasteiger partial charge in [-0.05, 0) is 47.7 Å². The third-order valence-corrected chi connectivity index (χ3v) is 4.80. The fourth-order valence-electron chi connectivity index (χ4n) is 2.68. The number of thiophene rings is 1. The molecule has 0 aliphatic carbocycles. The van der Waals surface area contributed by atoms with Gasteiger partial charge in [0.25, 0.3) is 0 Å². The number of hydrogen-bond donors (Lipinski definition) is 1. The first kappa shape index (κ1) is 11.9. The number of aryl methyl sites for hydroxylation is 2. The maximum atomic E-state index is 3.45. The van der Waals surface area contributed by atoms with Crippen LogP contribution in [-0.2, 0) is 11.8 Å². The molecule has 1 aliphatic heterocycles. The highest BCUT2D eigenvalue weighted by molar-refractivity contribution is 7.07. The predicted octanol–water partition coefficient (Wildman–Crippen LogP) is 3.53. The normalized spacial score (nSPS) is 17.4. The summed E-state index contributed by atoms with van der Waals surface area (Å²) < 4.78 is 0. The second kappa shape index (κ2) is 4.87. The van der Waals surface area contributed by atoms with Gasteiger partial charge in [0.15, 0.2) is 0 Å². The topological polar surface area (TPSA) is 12.0 Å². The Labute approximate surface area is 113 Å². The summed E-state index contributed by atoms with van der Waals surface area (Å²) in [4.78, 5) is 0. The summed E-state index contributed by atoms with van der Waals surface area (Å²) in [6.45, 7) is 4.40. The average molecular weight is 257 g/mol. The lowest BCUT2D eigenvalue weighted by Gasteiger charge is -2.43. The van der Waals surface area contributed by atoms with Gasteiger partial charge in [0.1, 0.15) is 0 Å². The minimum Gasteiger partial charge on any atom is -0.315 e. The minimum absolute atomic E-state index is 0.371. The second-order valence-electron chi connectivity index (χ2n) is 5.38.